The lowest BCUT2D eigenvalue weighted by Crippen LogP contribution is -2.34. The van der Waals surface area contributed by atoms with Gasteiger partial charge in [0.15, 0.2) is 11.7 Å². The second kappa shape index (κ2) is 7.62. The van der Waals surface area contributed by atoms with Gasteiger partial charge < -0.3 is 15.1 Å². The summed E-state index contributed by atoms with van der Waals surface area (Å²) in [7, 11) is 0. The van der Waals surface area contributed by atoms with Crippen molar-refractivity contribution >= 4 is 11.6 Å². The number of anilines is 1. The van der Waals surface area contributed by atoms with Gasteiger partial charge in [-0.05, 0) is 74.9 Å². The van der Waals surface area contributed by atoms with Crippen LogP contribution in [-0.4, -0.2) is 24.0 Å². The molecule has 2 aliphatic rings. The van der Waals surface area contributed by atoms with E-state index in [-0.39, 0.29) is 5.91 Å². The highest BCUT2D eigenvalue weighted by atomic mass is 16.4. The van der Waals surface area contributed by atoms with Crippen molar-refractivity contribution in [3.63, 3.8) is 0 Å². The Kier molecular flexibility index (Phi) is 5.07. The maximum Gasteiger partial charge on any atom is 0.224 e. The number of piperidine rings is 1. The maximum atomic E-state index is 12.3. The first-order chi connectivity index (χ1) is 12.7. The van der Waals surface area contributed by atoms with Crippen LogP contribution in [0.25, 0.3) is 11.3 Å². The van der Waals surface area contributed by atoms with Crippen LogP contribution in [-0.2, 0) is 4.79 Å². The fraction of sp³-hybridized carbons (Fsp3) is 0.524. The molecule has 4 rings (SSSR count). The standard InChI is InChI=1S/C21H27N3O2/c1-14(17-3-2-10-22-12-17)11-20(25)24-18-8-6-15(7-9-18)19-13-23-21(26-19)16-4-5-16/h6-9,13-14,16-17,22H,2-5,10-12H2,1H3,(H,24,25). The monoisotopic (exact) mass is 353 g/mol. The summed E-state index contributed by atoms with van der Waals surface area (Å²) >= 11 is 0. The number of nitrogens with zero attached hydrogens (tertiary/aromatic N) is 1. The zero-order valence-corrected chi connectivity index (χ0v) is 15.3. The van der Waals surface area contributed by atoms with Crippen molar-refractivity contribution in [1.82, 2.24) is 10.3 Å². The van der Waals surface area contributed by atoms with E-state index >= 15 is 0 Å². The molecule has 1 saturated carbocycles. The predicted octanol–water partition coefficient (Wildman–Crippen LogP) is 4.18. The number of oxazole rings is 1. The van der Waals surface area contributed by atoms with E-state index in [9.17, 15) is 4.79 Å². The SMILES string of the molecule is CC(CC(=O)Nc1ccc(-c2cnc(C3CC3)o2)cc1)C1CCCNC1. The Labute approximate surface area is 154 Å². The summed E-state index contributed by atoms with van der Waals surface area (Å²) in [5, 5.41) is 6.45. The first kappa shape index (κ1) is 17.3. The van der Waals surface area contributed by atoms with E-state index in [1.807, 2.05) is 24.3 Å². The fourth-order valence-electron chi connectivity index (χ4n) is 3.69. The van der Waals surface area contributed by atoms with Crippen LogP contribution in [0.2, 0.25) is 0 Å². The van der Waals surface area contributed by atoms with Crippen molar-refractivity contribution < 1.29 is 9.21 Å². The normalized spacial score (nSPS) is 21.3. The minimum Gasteiger partial charge on any atom is -0.440 e. The van der Waals surface area contributed by atoms with Gasteiger partial charge in [-0.1, -0.05) is 6.92 Å². The van der Waals surface area contributed by atoms with E-state index in [0.29, 0.717) is 24.2 Å². The molecule has 2 aromatic rings. The van der Waals surface area contributed by atoms with E-state index in [2.05, 4.69) is 22.5 Å². The molecule has 2 unspecified atom stereocenters. The molecule has 2 fully saturated rings. The lowest BCUT2D eigenvalue weighted by atomic mass is 9.85. The van der Waals surface area contributed by atoms with Gasteiger partial charge in [0.05, 0.1) is 6.20 Å². The molecule has 5 nitrogen and oxygen atoms in total. The van der Waals surface area contributed by atoms with Gasteiger partial charge in [0, 0.05) is 23.6 Å². The zero-order valence-electron chi connectivity index (χ0n) is 15.3. The lowest BCUT2D eigenvalue weighted by Gasteiger charge is -2.28. The van der Waals surface area contributed by atoms with Crippen molar-refractivity contribution in [1.29, 1.82) is 0 Å². The molecule has 1 saturated heterocycles. The quantitative estimate of drug-likeness (QED) is 0.817. The molecule has 1 aliphatic heterocycles. The average Bonchev–Trinajstić information content (AvgIpc) is 3.40. The molecule has 0 radical (unpaired) electrons. The molecule has 1 aliphatic carbocycles. The van der Waals surface area contributed by atoms with Crippen LogP contribution in [0.1, 0.15) is 50.8 Å². The average molecular weight is 353 g/mol. The molecule has 0 spiro atoms. The molecule has 1 amide bonds. The second-order valence-electron chi connectivity index (χ2n) is 7.75. The molecule has 2 atom stereocenters. The highest BCUT2D eigenvalue weighted by molar-refractivity contribution is 5.91. The van der Waals surface area contributed by atoms with Crippen LogP contribution in [0.15, 0.2) is 34.9 Å². The molecular weight excluding hydrogens is 326 g/mol. The molecule has 2 N–H and O–H groups in total. The third kappa shape index (κ3) is 4.15. The smallest absolute Gasteiger partial charge is 0.224 e. The van der Waals surface area contributed by atoms with Crippen molar-refractivity contribution in [2.45, 2.75) is 44.9 Å². The van der Waals surface area contributed by atoms with Crippen LogP contribution in [0.4, 0.5) is 5.69 Å². The minimum atomic E-state index is 0.0894. The number of amides is 1. The Hall–Kier alpha value is -2.14. The highest BCUT2D eigenvalue weighted by Crippen LogP contribution is 2.40. The summed E-state index contributed by atoms with van der Waals surface area (Å²) in [5.41, 5.74) is 1.82. The lowest BCUT2D eigenvalue weighted by molar-refractivity contribution is -0.117. The van der Waals surface area contributed by atoms with Crippen LogP contribution < -0.4 is 10.6 Å². The summed E-state index contributed by atoms with van der Waals surface area (Å²) in [6, 6.07) is 7.81. The topological polar surface area (TPSA) is 67.2 Å². The summed E-state index contributed by atoms with van der Waals surface area (Å²) < 4.78 is 5.83. The summed E-state index contributed by atoms with van der Waals surface area (Å²) in [5.74, 6) is 3.25. The summed E-state index contributed by atoms with van der Waals surface area (Å²) in [4.78, 5) is 16.7. The van der Waals surface area contributed by atoms with E-state index in [1.165, 1.54) is 25.7 Å². The predicted molar refractivity (Wildman–Crippen MR) is 102 cm³/mol. The number of nitrogens with one attached hydrogen (secondary N) is 2. The summed E-state index contributed by atoms with van der Waals surface area (Å²) in [6.07, 6.45) is 7.15. The maximum absolute atomic E-state index is 12.3. The third-order valence-electron chi connectivity index (χ3n) is 5.55. The molecule has 0 bridgehead atoms. The summed E-state index contributed by atoms with van der Waals surface area (Å²) in [6.45, 7) is 4.32. The second-order valence-corrected chi connectivity index (χ2v) is 7.75. The van der Waals surface area contributed by atoms with Gasteiger partial charge in [-0.25, -0.2) is 4.98 Å². The van der Waals surface area contributed by atoms with Gasteiger partial charge >= 0.3 is 0 Å². The molecule has 1 aromatic heterocycles. The van der Waals surface area contributed by atoms with Crippen LogP contribution in [0.3, 0.4) is 0 Å². The first-order valence-corrected chi connectivity index (χ1v) is 9.76. The van der Waals surface area contributed by atoms with Crippen LogP contribution >= 0.6 is 0 Å². The number of carbonyl (C=O) groups is 1. The highest BCUT2D eigenvalue weighted by Gasteiger charge is 2.28. The molecule has 1 aromatic carbocycles. The van der Waals surface area contributed by atoms with Crippen LogP contribution in [0, 0.1) is 11.8 Å². The van der Waals surface area contributed by atoms with Gasteiger partial charge in [-0.15, -0.1) is 0 Å². The Morgan fingerprint density at radius 3 is 2.81 bits per heavy atom. The van der Waals surface area contributed by atoms with Crippen molar-refractivity contribution in [3.8, 4) is 11.3 Å². The van der Waals surface area contributed by atoms with Crippen LogP contribution in [0.5, 0.6) is 0 Å². The number of benzene rings is 1. The molecule has 5 heteroatoms. The Bertz CT molecular complexity index is 743. The molecule has 138 valence electrons. The number of rotatable bonds is 6. The van der Waals surface area contributed by atoms with E-state index < -0.39 is 0 Å². The number of hydrogen-bond acceptors (Lipinski definition) is 4. The third-order valence-corrected chi connectivity index (χ3v) is 5.55. The van der Waals surface area contributed by atoms with E-state index in [1.54, 1.807) is 6.20 Å². The van der Waals surface area contributed by atoms with Crippen molar-refractivity contribution in [3.05, 3.63) is 36.4 Å². The number of aromatic nitrogens is 1. The minimum absolute atomic E-state index is 0.0894. The van der Waals surface area contributed by atoms with Crippen molar-refractivity contribution in [2.75, 3.05) is 18.4 Å². The van der Waals surface area contributed by atoms with E-state index in [0.717, 1.165) is 36.0 Å². The zero-order chi connectivity index (χ0) is 17.9. The van der Waals surface area contributed by atoms with Crippen molar-refractivity contribution in [2.24, 2.45) is 11.8 Å². The Balaban J connectivity index is 1.32. The first-order valence-electron chi connectivity index (χ1n) is 9.76. The molecular formula is C21H27N3O2. The van der Waals surface area contributed by atoms with Gasteiger partial charge in [0.25, 0.3) is 0 Å². The fourth-order valence-corrected chi connectivity index (χ4v) is 3.69. The van der Waals surface area contributed by atoms with Gasteiger partial charge in [0.1, 0.15) is 0 Å². The van der Waals surface area contributed by atoms with Gasteiger partial charge in [-0.2, -0.15) is 0 Å². The van der Waals surface area contributed by atoms with Gasteiger partial charge in [-0.3, -0.25) is 4.79 Å². The number of hydrogen-bond donors (Lipinski definition) is 2. The van der Waals surface area contributed by atoms with Gasteiger partial charge in [0.2, 0.25) is 5.91 Å². The largest absolute Gasteiger partial charge is 0.440 e. The van der Waals surface area contributed by atoms with E-state index in [4.69, 9.17) is 4.42 Å². The molecule has 2 heterocycles. The molecule has 26 heavy (non-hydrogen) atoms. The number of carbonyl (C=O) groups excluding carboxylic acids is 1. The Morgan fingerprint density at radius 2 is 2.12 bits per heavy atom. The Morgan fingerprint density at radius 1 is 1.31 bits per heavy atom.